The van der Waals surface area contributed by atoms with Gasteiger partial charge in [-0.1, -0.05) is 41.4 Å². The zero-order valence-corrected chi connectivity index (χ0v) is 17.7. The van der Waals surface area contributed by atoms with Gasteiger partial charge in [0.05, 0.1) is 15.6 Å². The third-order valence-electron chi connectivity index (χ3n) is 4.80. The highest BCUT2D eigenvalue weighted by molar-refractivity contribution is 7.89. The van der Waals surface area contributed by atoms with Gasteiger partial charge in [0.25, 0.3) is 0 Å². The topological polar surface area (TPSA) is 66.4 Å². The van der Waals surface area contributed by atoms with Crippen LogP contribution >= 0.6 is 23.2 Å². The maximum Gasteiger partial charge on any atom is 0.243 e. The molecule has 0 N–H and O–H groups in total. The molecule has 3 aromatic rings. The number of nitrogens with zero attached hydrogens (tertiary/aromatic N) is 4. The van der Waals surface area contributed by atoms with E-state index >= 15 is 0 Å². The maximum absolute atomic E-state index is 12.7. The number of sulfonamides is 1. The summed E-state index contributed by atoms with van der Waals surface area (Å²) in [5, 5.41) is 9.66. The van der Waals surface area contributed by atoms with E-state index in [0.717, 1.165) is 5.56 Å². The molecule has 0 atom stereocenters. The Morgan fingerprint density at radius 3 is 2.17 bits per heavy atom. The van der Waals surface area contributed by atoms with Crippen LogP contribution in [0.1, 0.15) is 0 Å². The lowest BCUT2D eigenvalue weighted by Gasteiger charge is -2.34. The molecule has 0 saturated carbocycles. The summed E-state index contributed by atoms with van der Waals surface area (Å²) in [4.78, 5) is 2.34. The van der Waals surface area contributed by atoms with Gasteiger partial charge in [0.15, 0.2) is 5.82 Å². The number of piperazine rings is 1. The van der Waals surface area contributed by atoms with Crippen molar-refractivity contribution in [2.45, 2.75) is 4.90 Å². The lowest BCUT2D eigenvalue weighted by atomic mass is 10.1. The van der Waals surface area contributed by atoms with Crippen molar-refractivity contribution in [1.29, 1.82) is 0 Å². The zero-order chi connectivity index (χ0) is 20.4. The van der Waals surface area contributed by atoms with Crippen molar-refractivity contribution >= 4 is 39.0 Å². The standard InChI is InChI=1S/C20H18Cl2N4O2S/c21-15-6-7-17(18(22)14-15)19-8-9-20(24-23-19)25-10-12-26(13-11-25)29(27,28)16-4-2-1-3-5-16/h1-9,14H,10-13H2. The quantitative estimate of drug-likeness (QED) is 0.603. The van der Waals surface area contributed by atoms with Gasteiger partial charge < -0.3 is 4.90 Å². The minimum absolute atomic E-state index is 0.317. The van der Waals surface area contributed by atoms with Crippen molar-refractivity contribution in [2.75, 3.05) is 31.1 Å². The van der Waals surface area contributed by atoms with E-state index in [4.69, 9.17) is 23.2 Å². The number of halogens is 2. The summed E-state index contributed by atoms with van der Waals surface area (Å²) >= 11 is 12.2. The number of aromatic nitrogens is 2. The van der Waals surface area contributed by atoms with Crippen molar-refractivity contribution in [1.82, 2.24) is 14.5 Å². The fraction of sp³-hybridized carbons (Fsp3) is 0.200. The monoisotopic (exact) mass is 448 g/mol. The molecule has 1 saturated heterocycles. The molecule has 150 valence electrons. The van der Waals surface area contributed by atoms with Crippen LogP contribution in [-0.4, -0.2) is 49.1 Å². The second-order valence-corrected chi connectivity index (χ2v) is 9.39. The number of rotatable bonds is 4. The molecule has 1 aromatic heterocycles. The predicted octanol–water partition coefficient (Wildman–Crippen LogP) is 3.96. The molecule has 1 aliphatic rings. The molecule has 6 nitrogen and oxygen atoms in total. The largest absolute Gasteiger partial charge is 0.352 e. The summed E-state index contributed by atoms with van der Waals surface area (Å²) in [7, 11) is -3.47. The third-order valence-corrected chi connectivity index (χ3v) is 7.26. The number of benzene rings is 2. The van der Waals surface area contributed by atoms with Gasteiger partial charge in [-0.3, -0.25) is 0 Å². The summed E-state index contributed by atoms with van der Waals surface area (Å²) in [5.74, 6) is 0.704. The normalized spacial score (nSPS) is 15.4. The van der Waals surface area contributed by atoms with Crippen molar-refractivity contribution in [3.8, 4) is 11.3 Å². The summed E-state index contributed by atoms with van der Waals surface area (Å²) in [6.07, 6.45) is 0. The molecule has 0 radical (unpaired) electrons. The first-order chi connectivity index (χ1) is 13.9. The Morgan fingerprint density at radius 1 is 0.828 bits per heavy atom. The molecule has 0 bridgehead atoms. The van der Waals surface area contributed by atoms with E-state index in [-0.39, 0.29) is 0 Å². The van der Waals surface area contributed by atoms with Gasteiger partial charge in [0, 0.05) is 36.8 Å². The van der Waals surface area contributed by atoms with Gasteiger partial charge in [-0.25, -0.2) is 8.42 Å². The Bertz CT molecular complexity index is 1100. The molecule has 0 amide bonds. The van der Waals surface area contributed by atoms with Gasteiger partial charge in [-0.15, -0.1) is 10.2 Å². The molecular formula is C20H18Cl2N4O2S. The van der Waals surface area contributed by atoms with E-state index in [1.54, 1.807) is 42.5 Å². The second-order valence-electron chi connectivity index (χ2n) is 6.61. The first-order valence-electron chi connectivity index (χ1n) is 9.04. The smallest absolute Gasteiger partial charge is 0.243 e. The van der Waals surface area contributed by atoms with E-state index in [1.165, 1.54) is 4.31 Å². The average Bonchev–Trinajstić information content (AvgIpc) is 2.75. The van der Waals surface area contributed by atoms with Crippen LogP contribution in [0.25, 0.3) is 11.3 Å². The lowest BCUT2D eigenvalue weighted by molar-refractivity contribution is 0.383. The van der Waals surface area contributed by atoms with Crippen LogP contribution in [0.4, 0.5) is 5.82 Å². The minimum Gasteiger partial charge on any atom is -0.352 e. The van der Waals surface area contributed by atoms with Crippen LogP contribution in [0, 0.1) is 0 Å². The van der Waals surface area contributed by atoms with Crippen molar-refractivity contribution in [3.05, 3.63) is 70.7 Å². The van der Waals surface area contributed by atoms with Crippen LogP contribution in [0.5, 0.6) is 0 Å². The van der Waals surface area contributed by atoms with Crippen molar-refractivity contribution < 1.29 is 8.42 Å². The summed E-state index contributed by atoms with van der Waals surface area (Å²) in [5.41, 5.74) is 1.41. The fourth-order valence-corrected chi connectivity index (χ4v) is 5.18. The highest BCUT2D eigenvalue weighted by Gasteiger charge is 2.28. The Balaban J connectivity index is 1.45. The van der Waals surface area contributed by atoms with Crippen LogP contribution in [-0.2, 0) is 10.0 Å². The van der Waals surface area contributed by atoms with Crippen molar-refractivity contribution in [3.63, 3.8) is 0 Å². The summed E-state index contributed by atoms with van der Waals surface area (Å²) in [6.45, 7) is 1.87. The average molecular weight is 449 g/mol. The van der Waals surface area contributed by atoms with Crippen LogP contribution < -0.4 is 4.90 Å². The Morgan fingerprint density at radius 2 is 1.55 bits per heavy atom. The second kappa shape index (κ2) is 8.28. The highest BCUT2D eigenvalue weighted by Crippen LogP contribution is 2.29. The molecule has 29 heavy (non-hydrogen) atoms. The number of hydrogen-bond donors (Lipinski definition) is 0. The predicted molar refractivity (Wildman–Crippen MR) is 115 cm³/mol. The van der Waals surface area contributed by atoms with Gasteiger partial charge in [0.2, 0.25) is 10.0 Å². The zero-order valence-electron chi connectivity index (χ0n) is 15.4. The van der Waals surface area contributed by atoms with E-state index in [9.17, 15) is 8.42 Å². The van der Waals surface area contributed by atoms with E-state index < -0.39 is 10.0 Å². The first-order valence-corrected chi connectivity index (χ1v) is 11.2. The van der Waals surface area contributed by atoms with E-state index in [1.807, 2.05) is 23.1 Å². The van der Waals surface area contributed by atoms with Crippen LogP contribution in [0.3, 0.4) is 0 Å². The van der Waals surface area contributed by atoms with Gasteiger partial charge in [-0.05, 0) is 42.5 Å². The molecule has 0 spiro atoms. The fourth-order valence-electron chi connectivity index (χ4n) is 3.23. The van der Waals surface area contributed by atoms with E-state index in [0.29, 0.717) is 52.6 Å². The molecule has 0 unspecified atom stereocenters. The molecular weight excluding hydrogens is 431 g/mol. The molecule has 9 heteroatoms. The van der Waals surface area contributed by atoms with Gasteiger partial charge in [-0.2, -0.15) is 4.31 Å². The minimum atomic E-state index is -3.47. The number of anilines is 1. The Kier molecular flexibility index (Phi) is 5.74. The highest BCUT2D eigenvalue weighted by atomic mass is 35.5. The van der Waals surface area contributed by atoms with Gasteiger partial charge in [0.1, 0.15) is 0 Å². The SMILES string of the molecule is O=S(=O)(c1ccccc1)N1CCN(c2ccc(-c3ccc(Cl)cc3Cl)nn2)CC1. The molecule has 0 aliphatic carbocycles. The van der Waals surface area contributed by atoms with Crippen molar-refractivity contribution in [2.24, 2.45) is 0 Å². The number of hydrogen-bond acceptors (Lipinski definition) is 5. The third kappa shape index (κ3) is 4.23. The molecule has 4 rings (SSSR count). The van der Waals surface area contributed by atoms with E-state index in [2.05, 4.69) is 10.2 Å². The molecule has 2 aromatic carbocycles. The summed E-state index contributed by atoms with van der Waals surface area (Å²) in [6, 6.07) is 17.4. The molecule has 1 aliphatic heterocycles. The van der Waals surface area contributed by atoms with Gasteiger partial charge >= 0.3 is 0 Å². The molecule has 1 fully saturated rings. The van der Waals surface area contributed by atoms with Crippen LogP contribution in [0.15, 0.2) is 65.6 Å². The lowest BCUT2D eigenvalue weighted by Crippen LogP contribution is -2.48. The maximum atomic E-state index is 12.7. The van der Waals surface area contributed by atoms with Crippen LogP contribution in [0.2, 0.25) is 10.0 Å². The Labute approximate surface area is 179 Å². The molecule has 2 heterocycles. The Hall–Kier alpha value is -2.19. The summed E-state index contributed by atoms with van der Waals surface area (Å²) < 4.78 is 27.0. The first kappa shape index (κ1) is 20.1.